The van der Waals surface area contributed by atoms with E-state index in [9.17, 15) is 5.11 Å². The maximum absolute atomic E-state index is 10.5. The number of methoxy groups -OCH3 is 1. The fourth-order valence-corrected chi connectivity index (χ4v) is 3.60. The van der Waals surface area contributed by atoms with Gasteiger partial charge in [-0.15, -0.1) is 0 Å². The number of hydrogen-bond donors (Lipinski definition) is 2. The molecule has 0 aromatic heterocycles. The third kappa shape index (κ3) is 4.91. The van der Waals surface area contributed by atoms with Gasteiger partial charge < -0.3 is 19.9 Å². The summed E-state index contributed by atoms with van der Waals surface area (Å²) in [7, 11) is 1.58. The third-order valence-electron chi connectivity index (χ3n) is 4.82. The van der Waals surface area contributed by atoms with Crippen LogP contribution in [-0.4, -0.2) is 24.8 Å². The van der Waals surface area contributed by atoms with Crippen molar-refractivity contribution in [1.29, 1.82) is 0 Å². The van der Waals surface area contributed by atoms with E-state index in [0.29, 0.717) is 35.7 Å². The molecule has 1 unspecified atom stereocenters. The zero-order valence-electron chi connectivity index (χ0n) is 15.1. The van der Waals surface area contributed by atoms with Crippen LogP contribution < -0.4 is 14.8 Å². The molecule has 3 rings (SSSR count). The van der Waals surface area contributed by atoms with Crippen LogP contribution in [0.15, 0.2) is 42.5 Å². The van der Waals surface area contributed by atoms with E-state index < -0.39 is 6.10 Å². The molecule has 2 aromatic carbocycles. The molecule has 0 bridgehead atoms. The summed E-state index contributed by atoms with van der Waals surface area (Å²) >= 11 is 6.41. The molecule has 4 nitrogen and oxygen atoms in total. The van der Waals surface area contributed by atoms with Gasteiger partial charge in [-0.1, -0.05) is 54.8 Å². The summed E-state index contributed by atoms with van der Waals surface area (Å²) in [6.45, 7) is 0.913. The van der Waals surface area contributed by atoms with Crippen LogP contribution >= 0.6 is 11.6 Å². The zero-order chi connectivity index (χ0) is 18.4. The minimum atomic E-state index is -0.634. The summed E-state index contributed by atoms with van der Waals surface area (Å²) in [6.07, 6.45) is 4.26. The molecule has 1 atom stereocenters. The lowest BCUT2D eigenvalue weighted by atomic mass is 10.1. The van der Waals surface area contributed by atoms with Gasteiger partial charge in [0.15, 0.2) is 11.5 Å². The quantitative estimate of drug-likeness (QED) is 0.713. The van der Waals surface area contributed by atoms with Crippen molar-refractivity contribution >= 4 is 11.6 Å². The molecule has 26 heavy (non-hydrogen) atoms. The molecular formula is C21H26ClNO3. The van der Waals surface area contributed by atoms with Crippen molar-refractivity contribution in [2.24, 2.45) is 0 Å². The van der Waals surface area contributed by atoms with Crippen LogP contribution in [-0.2, 0) is 6.61 Å². The lowest BCUT2D eigenvalue weighted by Gasteiger charge is -2.19. The van der Waals surface area contributed by atoms with Crippen molar-refractivity contribution < 1.29 is 14.6 Å². The molecule has 1 fully saturated rings. The number of ether oxygens (including phenoxy) is 2. The second-order valence-electron chi connectivity index (χ2n) is 6.71. The number of rotatable bonds is 8. The minimum Gasteiger partial charge on any atom is -0.493 e. The minimum absolute atomic E-state index is 0.405. The summed E-state index contributed by atoms with van der Waals surface area (Å²) in [5.41, 5.74) is 1.78. The molecule has 0 saturated heterocycles. The van der Waals surface area contributed by atoms with Crippen molar-refractivity contribution in [2.45, 2.75) is 44.4 Å². The molecular weight excluding hydrogens is 350 g/mol. The molecule has 1 saturated carbocycles. The first-order chi connectivity index (χ1) is 12.7. The van der Waals surface area contributed by atoms with Gasteiger partial charge in [-0.2, -0.15) is 0 Å². The van der Waals surface area contributed by atoms with E-state index in [-0.39, 0.29) is 0 Å². The van der Waals surface area contributed by atoms with Crippen LogP contribution in [0.4, 0.5) is 0 Å². The van der Waals surface area contributed by atoms with Gasteiger partial charge >= 0.3 is 0 Å². The summed E-state index contributed by atoms with van der Waals surface area (Å²) in [4.78, 5) is 0. The van der Waals surface area contributed by atoms with E-state index in [2.05, 4.69) is 5.32 Å². The van der Waals surface area contributed by atoms with Gasteiger partial charge in [-0.25, -0.2) is 0 Å². The Morgan fingerprint density at radius 3 is 2.62 bits per heavy atom. The smallest absolute Gasteiger partial charge is 0.180 e. The van der Waals surface area contributed by atoms with Gasteiger partial charge in [-0.05, 0) is 36.1 Å². The second kappa shape index (κ2) is 9.26. The Morgan fingerprint density at radius 1 is 1.19 bits per heavy atom. The Balaban J connectivity index is 1.67. The maximum atomic E-state index is 10.5. The largest absolute Gasteiger partial charge is 0.493 e. The first-order valence-electron chi connectivity index (χ1n) is 9.13. The zero-order valence-corrected chi connectivity index (χ0v) is 15.8. The molecule has 0 radical (unpaired) electrons. The molecule has 1 aliphatic carbocycles. The SMILES string of the molecule is COc1cc(C(O)CNC2CCCC2)cc(Cl)c1OCc1ccccc1. The highest BCUT2D eigenvalue weighted by Crippen LogP contribution is 2.38. The molecule has 1 aliphatic rings. The maximum Gasteiger partial charge on any atom is 0.180 e. The normalized spacial score (nSPS) is 15.8. The topological polar surface area (TPSA) is 50.7 Å². The highest BCUT2D eigenvalue weighted by molar-refractivity contribution is 6.32. The number of hydrogen-bond acceptors (Lipinski definition) is 4. The average molecular weight is 376 g/mol. The Bertz CT molecular complexity index is 702. The van der Waals surface area contributed by atoms with Gasteiger partial charge in [0.05, 0.1) is 18.2 Å². The van der Waals surface area contributed by atoms with Crippen LogP contribution in [0.2, 0.25) is 5.02 Å². The first kappa shape index (κ1) is 19.0. The van der Waals surface area contributed by atoms with Crippen molar-refractivity contribution in [3.8, 4) is 11.5 Å². The predicted octanol–water partition coefficient (Wildman–Crippen LogP) is 4.49. The molecule has 0 heterocycles. The Labute approximate surface area is 160 Å². The summed E-state index contributed by atoms with van der Waals surface area (Å²) < 4.78 is 11.3. The number of aliphatic hydroxyl groups is 1. The van der Waals surface area contributed by atoms with E-state index in [1.165, 1.54) is 25.7 Å². The fraction of sp³-hybridized carbons (Fsp3) is 0.429. The fourth-order valence-electron chi connectivity index (χ4n) is 3.33. The van der Waals surface area contributed by atoms with Gasteiger partial charge in [0.2, 0.25) is 0 Å². The third-order valence-corrected chi connectivity index (χ3v) is 5.10. The van der Waals surface area contributed by atoms with E-state index in [1.807, 2.05) is 30.3 Å². The molecule has 2 aromatic rings. The summed E-state index contributed by atoms with van der Waals surface area (Å²) in [5.74, 6) is 1.03. The predicted molar refractivity (Wildman–Crippen MR) is 104 cm³/mol. The molecule has 0 spiro atoms. The lowest BCUT2D eigenvalue weighted by molar-refractivity contribution is 0.169. The van der Waals surface area contributed by atoms with E-state index in [4.69, 9.17) is 21.1 Å². The van der Waals surface area contributed by atoms with Crippen molar-refractivity contribution in [3.05, 3.63) is 58.6 Å². The van der Waals surface area contributed by atoms with Crippen molar-refractivity contribution in [2.75, 3.05) is 13.7 Å². The number of nitrogens with one attached hydrogen (secondary N) is 1. The van der Waals surface area contributed by atoms with Crippen LogP contribution in [0.25, 0.3) is 0 Å². The summed E-state index contributed by atoms with van der Waals surface area (Å²) in [6, 6.07) is 13.9. The Hall–Kier alpha value is -1.75. The highest BCUT2D eigenvalue weighted by atomic mass is 35.5. The van der Waals surface area contributed by atoms with Gasteiger partial charge in [-0.3, -0.25) is 0 Å². The first-order valence-corrected chi connectivity index (χ1v) is 9.50. The van der Waals surface area contributed by atoms with Gasteiger partial charge in [0.25, 0.3) is 0 Å². The molecule has 2 N–H and O–H groups in total. The van der Waals surface area contributed by atoms with E-state index in [1.54, 1.807) is 19.2 Å². The van der Waals surface area contributed by atoms with Crippen LogP contribution in [0.5, 0.6) is 11.5 Å². The average Bonchev–Trinajstić information content (AvgIpc) is 3.19. The standard InChI is InChI=1S/C21H26ClNO3/c1-25-20-12-16(19(24)13-23-17-9-5-6-10-17)11-18(22)21(20)26-14-15-7-3-2-4-8-15/h2-4,7-8,11-12,17,19,23-24H,5-6,9-10,13-14H2,1H3. The Morgan fingerprint density at radius 2 is 1.92 bits per heavy atom. The van der Waals surface area contributed by atoms with E-state index >= 15 is 0 Å². The number of halogens is 1. The number of aliphatic hydroxyl groups excluding tert-OH is 1. The van der Waals surface area contributed by atoms with Gasteiger partial charge in [0.1, 0.15) is 6.61 Å². The summed E-state index contributed by atoms with van der Waals surface area (Å²) in [5, 5.41) is 14.4. The van der Waals surface area contributed by atoms with E-state index in [0.717, 1.165) is 11.1 Å². The molecule has 140 valence electrons. The second-order valence-corrected chi connectivity index (χ2v) is 7.12. The van der Waals surface area contributed by atoms with Crippen molar-refractivity contribution in [3.63, 3.8) is 0 Å². The molecule has 0 amide bonds. The monoisotopic (exact) mass is 375 g/mol. The van der Waals surface area contributed by atoms with Crippen molar-refractivity contribution in [1.82, 2.24) is 5.32 Å². The molecule has 5 heteroatoms. The highest BCUT2D eigenvalue weighted by Gasteiger charge is 2.19. The number of benzene rings is 2. The lowest BCUT2D eigenvalue weighted by Crippen LogP contribution is -2.30. The van der Waals surface area contributed by atoms with Crippen LogP contribution in [0.3, 0.4) is 0 Å². The van der Waals surface area contributed by atoms with Crippen LogP contribution in [0, 0.1) is 0 Å². The van der Waals surface area contributed by atoms with Crippen LogP contribution in [0.1, 0.15) is 42.9 Å². The molecule has 0 aliphatic heterocycles. The van der Waals surface area contributed by atoms with Gasteiger partial charge in [0, 0.05) is 12.6 Å². The Kier molecular flexibility index (Phi) is 6.78.